The van der Waals surface area contributed by atoms with Crippen LogP contribution in [0.1, 0.15) is 20.3 Å². The molecule has 1 aliphatic carbocycles. The van der Waals surface area contributed by atoms with E-state index in [4.69, 9.17) is 0 Å². The molecule has 0 N–H and O–H groups in total. The normalized spacial score (nSPS) is 48.0. The highest BCUT2D eigenvalue weighted by molar-refractivity contribution is 5.18. The van der Waals surface area contributed by atoms with Crippen LogP contribution in [-0.4, -0.2) is 23.2 Å². The maximum absolute atomic E-state index is 13.1. The van der Waals surface area contributed by atoms with E-state index in [-0.39, 0.29) is 6.92 Å². The first-order valence-corrected chi connectivity index (χ1v) is 3.59. The van der Waals surface area contributed by atoms with Gasteiger partial charge in [0.2, 0.25) is 5.67 Å². The van der Waals surface area contributed by atoms with Gasteiger partial charge in [-0.1, -0.05) is 0 Å². The molecule has 78 valence electrons. The smallest absolute Gasteiger partial charge is 0.240 e. The van der Waals surface area contributed by atoms with Gasteiger partial charge in [-0.25, -0.2) is 8.78 Å². The van der Waals surface area contributed by atoms with Crippen molar-refractivity contribution in [3.63, 3.8) is 0 Å². The second-order valence-electron chi connectivity index (χ2n) is 3.66. The van der Waals surface area contributed by atoms with Crippen molar-refractivity contribution >= 4 is 0 Å². The van der Waals surface area contributed by atoms with Gasteiger partial charge in [-0.15, -0.1) is 0 Å². The molecule has 0 saturated heterocycles. The first-order chi connectivity index (χ1) is 5.46. The maximum atomic E-state index is 13.1. The zero-order chi connectivity index (χ0) is 10.7. The van der Waals surface area contributed by atoms with Gasteiger partial charge in [-0.2, -0.15) is 17.6 Å². The summed E-state index contributed by atoms with van der Waals surface area (Å²) in [4.78, 5) is 0. The molecule has 0 nitrogen and oxygen atoms in total. The zero-order valence-corrected chi connectivity index (χ0v) is 6.97. The minimum atomic E-state index is -4.95. The monoisotopic (exact) mass is 206 g/mol. The maximum Gasteiger partial charge on any atom is 0.346 e. The number of hydrogen-bond donors (Lipinski definition) is 0. The van der Waals surface area contributed by atoms with Gasteiger partial charge in [0.1, 0.15) is 0 Å². The van der Waals surface area contributed by atoms with Gasteiger partial charge < -0.3 is 0 Å². The minimum absolute atomic E-state index is 0.161. The Morgan fingerprint density at radius 3 is 1.31 bits per heavy atom. The van der Waals surface area contributed by atoms with Gasteiger partial charge in [0, 0.05) is 0 Å². The Kier molecular flexibility index (Phi) is 1.76. The lowest BCUT2D eigenvalue weighted by molar-refractivity contribution is -0.237. The Bertz CT molecular complexity index is 205. The van der Waals surface area contributed by atoms with Crippen LogP contribution in [0.3, 0.4) is 0 Å². The second-order valence-corrected chi connectivity index (χ2v) is 3.66. The van der Waals surface area contributed by atoms with Crippen LogP contribution in [0, 0.1) is 0 Å². The van der Waals surface area contributed by atoms with Gasteiger partial charge >= 0.3 is 11.8 Å². The quantitative estimate of drug-likeness (QED) is 0.534. The molecular weight excluding hydrogens is 198 g/mol. The molecule has 1 fully saturated rings. The summed E-state index contributed by atoms with van der Waals surface area (Å²) in [7, 11) is 0. The van der Waals surface area contributed by atoms with Gasteiger partial charge in [0.25, 0.3) is 0 Å². The Balaban J connectivity index is 3.24. The van der Waals surface area contributed by atoms with E-state index in [2.05, 4.69) is 0 Å². The number of alkyl halides is 6. The molecule has 0 bridgehead atoms. The molecule has 1 aliphatic rings. The van der Waals surface area contributed by atoms with Crippen LogP contribution in [0.5, 0.6) is 0 Å². The summed E-state index contributed by atoms with van der Waals surface area (Å²) in [5.41, 5.74) is -7.04. The van der Waals surface area contributed by atoms with Crippen LogP contribution in [-0.2, 0) is 0 Å². The van der Waals surface area contributed by atoms with Crippen molar-refractivity contribution in [2.24, 2.45) is 0 Å². The van der Waals surface area contributed by atoms with Crippen LogP contribution in [0.25, 0.3) is 0 Å². The minimum Gasteiger partial charge on any atom is -0.240 e. The lowest BCUT2D eigenvalue weighted by Gasteiger charge is -2.30. The van der Waals surface area contributed by atoms with E-state index in [1.165, 1.54) is 0 Å². The molecule has 0 aromatic rings. The number of rotatable bonds is 0. The Hall–Kier alpha value is -0.420. The van der Waals surface area contributed by atoms with Gasteiger partial charge in [-0.3, -0.25) is 0 Å². The van der Waals surface area contributed by atoms with Crippen LogP contribution >= 0.6 is 0 Å². The van der Waals surface area contributed by atoms with Crippen molar-refractivity contribution in [2.75, 3.05) is 0 Å². The van der Waals surface area contributed by atoms with E-state index >= 15 is 0 Å². The molecule has 0 spiro atoms. The van der Waals surface area contributed by atoms with Crippen molar-refractivity contribution in [1.29, 1.82) is 0 Å². The van der Waals surface area contributed by atoms with Crippen LogP contribution in [0.2, 0.25) is 0 Å². The van der Waals surface area contributed by atoms with E-state index in [0.29, 0.717) is 6.92 Å². The summed E-state index contributed by atoms with van der Waals surface area (Å²) in [6.45, 7) is 0.579. The van der Waals surface area contributed by atoms with E-state index in [9.17, 15) is 26.3 Å². The summed E-state index contributed by atoms with van der Waals surface area (Å²) >= 11 is 0. The molecule has 0 aliphatic heterocycles. The standard InChI is InChI=1S/C7H8F6/c1-4(8)3-6(10,11)7(12,13)5(4,2)9/h3H2,1-2H3. The molecule has 1 rings (SSSR count). The predicted octanol–water partition coefficient (Wildman–Crippen LogP) is 3.12. The summed E-state index contributed by atoms with van der Waals surface area (Å²) in [5, 5.41) is 0. The Labute approximate surface area is 70.9 Å². The lowest BCUT2D eigenvalue weighted by Crippen LogP contribution is -2.52. The van der Waals surface area contributed by atoms with E-state index in [1.807, 2.05) is 0 Å². The fourth-order valence-corrected chi connectivity index (χ4v) is 1.36. The molecule has 0 heterocycles. The van der Waals surface area contributed by atoms with Crippen LogP contribution in [0.15, 0.2) is 0 Å². The molecule has 0 aromatic carbocycles. The summed E-state index contributed by atoms with van der Waals surface area (Å²) < 4.78 is 76.3. The van der Waals surface area contributed by atoms with Crippen molar-refractivity contribution < 1.29 is 26.3 Å². The number of halogens is 6. The van der Waals surface area contributed by atoms with Crippen LogP contribution < -0.4 is 0 Å². The largest absolute Gasteiger partial charge is 0.346 e. The highest BCUT2D eigenvalue weighted by atomic mass is 19.3. The zero-order valence-electron chi connectivity index (χ0n) is 6.97. The third-order valence-corrected chi connectivity index (χ3v) is 2.58. The highest BCUT2D eigenvalue weighted by Crippen LogP contribution is 2.61. The van der Waals surface area contributed by atoms with E-state index in [1.54, 1.807) is 0 Å². The molecule has 1 saturated carbocycles. The lowest BCUT2D eigenvalue weighted by atomic mass is 9.92. The second kappa shape index (κ2) is 2.15. The Morgan fingerprint density at radius 1 is 0.846 bits per heavy atom. The van der Waals surface area contributed by atoms with Crippen molar-refractivity contribution in [3.05, 3.63) is 0 Å². The molecule has 2 atom stereocenters. The summed E-state index contributed by atoms with van der Waals surface area (Å²) in [6.07, 6.45) is -1.79. The highest BCUT2D eigenvalue weighted by Gasteiger charge is 2.82. The average molecular weight is 206 g/mol. The Morgan fingerprint density at radius 2 is 1.23 bits per heavy atom. The third-order valence-electron chi connectivity index (χ3n) is 2.58. The molecule has 0 aromatic heterocycles. The van der Waals surface area contributed by atoms with Gasteiger partial charge in [-0.05, 0) is 13.8 Å². The molecule has 6 heteroatoms. The van der Waals surface area contributed by atoms with Crippen molar-refractivity contribution in [2.45, 2.75) is 43.5 Å². The first kappa shape index (κ1) is 10.7. The van der Waals surface area contributed by atoms with Gasteiger partial charge in [0.05, 0.1) is 6.42 Å². The van der Waals surface area contributed by atoms with E-state index < -0.39 is 29.6 Å². The fourth-order valence-electron chi connectivity index (χ4n) is 1.36. The van der Waals surface area contributed by atoms with E-state index in [0.717, 1.165) is 0 Å². The van der Waals surface area contributed by atoms with Crippen LogP contribution in [0.4, 0.5) is 26.3 Å². The predicted molar refractivity (Wildman–Crippen MR) is 33.5 cm³/mol. The average Bonchev–Trinajstić information content (AvgIpc) is 1.88. The number of hydrogen-bond acceptors (Lipinski definition) is 0. The SMILES string of the molecule is CC1(F)CC(F)(F)C(F)(F)C1(C)F. The van der Waals surface area contributed by atoms with Gasteiger partial charge in [0.15, 0.2) is 5.67 Å². The topological polar surface area (TPSA) is 0 Å². The molecule has 2 unspecified atom stereocenters. The summed E-state index contributed by atoms with van der Waals surface area (Å²) in [6, 6.07) is 0. The first-order valence-electron chi connectivity index (χ1n) is 3.59. The van der Waals surface area contributed by atoms with Crippen molar-refractivity contribution in [1.82, 2.24) is 0 Å². The molecule has 0 amide bonds. The van der Waals surface area contributed by atoms with Crippen molar-refractivity contribution in [3.8, 4) is 0 Å². The summed E-state index contributed by atoms with van der Waals surface area (Å²) in [5.74, 6) is -9.58. The molecule has 0 radical (unpaired) electrons. The molecular formula is C7H8F6. The third kappa shape index (κ3) is 1.00. The fraction of sp³-hybridized carbons (Fsp3) is 1.00. The molecule has 13 heavy (non-hydrogen) atoms.